The molecule has 4 heterocycles. The van der Waals surface area contributed by atoms with E-state index in [4.69, 9.17) is 19.7 Å². The second kappa shape index (κ2) is 17.1. The molecule has 0 N–H and O–H groups in total. The molecule has 1 atom stereocenters. The van der Waals surface area contributed by atoms with Crippen molar-refractivity contribution in [2.24, 2.45) is 22.7 Å². The van der Waals surface area contributed by atoms with E-state index in [0.29, 0.717) is 29.3 Å². The van der Waals surface area contributed by atoms with Crippen LogP contribution in [0.4, 0.5) is 22.9 Å². The Labute approximate surface area is 391 Å². The molecule has 0 spiro atoms. The third kappa shape index (κ3) is 8.41. The molecule has 0 saturated carbocycles. The maximum Gasteiger partial charge on any atom is 2.00 e. The van der Waals surface area contributed by atoms with Crippen molar-refractivity contribution in [3.63, 3.8) is 0 Å². The molecule has 0 radical (unpaired) electrons. The van der Waals surface area contributed by atoms with Gasteiger partial charge in [-0.3, -0.25) is 4.98 Å². The summed E-state index contributed by atoms with van der Waals surface area (Å²) in [6, 6.07) is 39.6. The van der Waals surface area contributed by atoms with Gasteiger partial charge in [0.15, 0.2) is 0 Å². The summed E-state index contributed by atoms with van der Waals surface area (Å²) in [5.41, 5.74) is 12.5. The Morgan fingerprint density at radius 2 is 1.40 bits per heavy atom. The second-order valence-electron chi connectivity index (χ2n) is 20.4. The van der Waals surface area contributed by atoms with E-state index in [0.717, 1.165) is 45.4 Å². The van der Waals surface area contributed by atoms with E-state index >= 15 is 0 Å². The molecule has 2 aliphatic heterocycles. The van der Waals surface area contributed by atoms with Crippen LogP contribution in [-0.2, 0) is 31.9 Å². The zero-order valence-corrected chi connectivity index (χ0v) is 41.9. The number of para-hydroxylation sites is 1. The van der Waals surface area contributed by atoms with E-state index in [9.17, 15) is 0 Å². The molecule has 0 aliphatic carbocycles. The van der Waals surface area contributed by atoms with Crippen LogP contribution in [0.3, 0.4) is 0 Å². The fourth-order valence-corrected chi connectivity index (χ4v) is 10.3. The molecule has 328 valence electrons. The number of hydrogen-bond donors (Lipinski definition) is 0. The summed E-state index contributed by atoms with van der Waals surface area (Å²) < 4.78 is 6.97. The fraction of sp³-hybridized carbons (Fsp3) is 0.375. The number of hydrogen-bond acceptors (Lipinski definition) is 6. The monoisotopic (exact) mass is 1020 g/mol. The van der Waals surface area contributed by atoms with Crippen molar-refractivity contribution in [3.8, 4) is 22.8 Å². The summed E-state index contributed by atoms with van der Waals surface area (Å²) in [5, 5.41) is 0. The Morgan fingerprint density at radius 1 is 0.714 bits per heavy atom. The van der Waals surface area contributed by atoms with Gasteiger partial charge in [-0.1, -0.05) is 128 Å². The second-order valence-corrected chi connectivity index (χ2v) is 20.4. The topological polar surface area (TPSA) is 53.9 Å². The van der Waals surface area contributed by atoms with E-state index in [2.05, 4.69) is 180 Å². The molecule has 63 heavy (non-hydrogen) atoms. The van der Waals surface area contributed by atoms with E-state index < -0.39 is 0 Å². The Kier molecular flexibility index (Phi) is 12.5. The predicted molar refractivity (Wildman–Crippen MR) is 258 cm³/mol. The third-order valence-corrected chi connectivity index (χ3v) is 13.3. The minimum Gasteiger partial charge on any atom is -0.503 e. The molecule has 7 heteroatoms. The van der Waals surface area contributed by atoms with Gasteiger partial charge in [-0.2, -0.15) is 6.07 Å². The SMILES string of the molecule is Cc1cc(C)c(N2C(c3[c-]c(Oc4[c-]c5c(cc4)C(C)(C)c4ccccc4N5c4cc(C(C)(C)C)ccn4)cc(-c4ccccn4)c3)=N[C@H](C(C(C)C)C(C)C)C2(C)C)c(C)c1.[Pt+2]. The molecule has 2 aliphatic rings. The number of pyridine rings is 2. The molecular formula is C56H63N5OPt. The van der Waals surface area contributed by atoms with Gasteiger partial charge in [-0.15, -0.1) is 29.3 Å². The van der Waals surface area contributed by atoms with Crippen molar-refractivity contribution >= 4 is 28.7 Å². The largest absolute Gasteiger partial charge is 2.00 e. The standard InChI is InChI=1S/C56H63N5O.Pt/c1-34(2)50(35(3)4)52-56(13,14)61(51-37(6)27-36(5)28-38(51)7)53(59-52)40-29-39(46-20-17-18-25-57-46)30-43(31-40)62-42-22-23-45-48(33-42)60(47-21-16-15-19-44(47)55(45,11)12)49-32-41(24-26-58-49)54(8,9)10;/h15-30,32,34-35,50,52H,1-14H3;/q-2;+2/t52-;/m1./s1. The minimum atomic E-state index is -0.341. The Bertz CT molecular complexity index is 2640. The van der Waals surface area contributed by atoms with Gasteiger partial charge in [0.1, 0.15) is 5.82 Å². The summed E-state index contributed by atoms with van der Waals surface area (Å²) in [5.74, 6) is 4.13. The van der Waals surface area contributed by atoms with Crippen molar-refractivity contribution < 1.29 is 25.8 Å². The number of benzene rings is 4. The van der Waals surface area contributed by atoms with Crippen molar-refractivity contribution in [2.75, 3.05) is 9.80 Å². The van der Waals surface area contributed by atoms with Crippen molar-refractivity contribution in [1.29, 1.82) is 0 Å². The van der Waals surface area contributed by atoms with Gasteiger partial charge in [-0.05, 0) is 116 Å². The van der Waals surface area contributed by atoms with Gasteiger partial charge in [0, 0.05) is 35.3 Å². The van der Waals surface area contributed by atoms with Crippen LogP contribution in [0.2, 0.25) is 0 Å². The molecule has 0 saturated heterocycles. The van der Waals surface area contributed by atoms with Crippen LogP contribution in [-0.4, -0.2) is 27.4 Å². The van der Waals surface area contributed by atoms with Crippen molar-refractivity contribution in [3.05, 3.63) is 154 Å². The zero-order chi connectivity index (χ0) is 44.5. The fourth-order valence-electron chi connectivity index (χ4n) is 10.3. The van der Waals surface area contributed by atoms with Gasteiger partial charge in [0.05, 0.1) is 23.1 Å². The first-order chi connectivity index (χ1) is 29.3. The number of nitrogens with zero attached hydrogens (tertiary/aromatic N) is 5. The van der Waals surface area contributed by atoms with Crippen LogP contribution in [0.25, 0.3) is 11.3 Å². The molecule has 4 aromatic carbocycles. The molecule has 6 nitrogen and oxygen atoms in total. The summed E-state index contributed by atoms with van der Waals surface area (Å²) in [6.45, 7) is 32.0. The molecule has 6 aromatic rings. The van der Waals surface area contributed by atoms with E-state index in [-0.39, 0.29) is 43.5 Å². The van der Waals surface area contributed by atoms with E-state index in [1.165, 1.54) is 33.5 Å². The quantitative estimate of drug-likeness (QED) is 0.135. The molecule has 0 bridgehead atoms. The van der Waals surface area contributed by atoms with Gasteiger partial charge in [0.2, 0.25) is 0 Å². The third-order valence-electron chi connectivity index (χ3n) is 13.3. The number of amidine groups is 1. The van der Waals surface area contributed by atoms with Crippen LogP contribution in [0.15, 0.2) is 108 Å². The number of fused-ring (bicyclic) bond motifs is 2. The zero-order valence-electron chi connectivity index (χ0n) is 39.6. The first kappa shape index (κ1) is 45.9. The number of anilines is 4. The molecule has 2 aromatic heterocycles. The van der Waals surface area contributed by atoms with Crippen molar-refractivity contribution in [2.45, 2.75) is 119 Å². The molecular weight excluding hydrogens is 954 g/mol. The number of aliphatic imine (C=N–C) groups is 1. The van der Waals surface area contributed by atoms with E-state index in [1.54, 1.807) is 0 Å². The summed E-state index contributed by atoms with van der Waals surface area (Å²) in [7, 11) is 0. The Hall–Kier alpha value is -5.06. The minimum absolute atomic E-state index is 0. The Balaban J connectivity index is 0.00000595. The average molecular weight is 1020 g/mol. The molecule has 0 unspecified atom stereocenters. The first-order valence-corrected chi connectivity index (χ1v) is 22.3. The Morgan fingerprint density at radius 3 is 2.05 bits per heavy atom. The van der Waals surface area contributed by atoms with Crippen LogP contribution >= 0.6 is 0 Å². The average Bonchev–Trinajstić information content (AvgIpc) is 3.46. The normalized spacial score (nSPS) is 16.5. The molecule has 0 amide bonds. The van der Waals surface area contributed by atoms with Crippen LogP contribution < -0.4 is 14.5 Å². The summed E-state index contributed by atoms with van der Waals surface area (Å²) in [6.07, 6.45) is 3.76. The maximum absolute atomic E-state index is 6.97. The van der Waals surface area contributed by atoms with Gasteiger partial charge in [0.25, 0.3) is 0 Å². The first-order valence-electron chi connectivity index (χ1n) is 22.3. The number of ether oxygens (including phenoxy) is 1. The number of rotatable bonds is 9. The number of aromatic nitrogens is 2. The van der Waals surface area contributed by atoms with Crippen LogP contribution in [0, 0.1) is 50.7 Å². The molecule has 8 rings (SSSR count). The summed E-state index contributed by atoms with van der Waals surface area (Å²) in [4.78, 5) is 20.3. The summed E-state index contributed by atoms with van der Waals surface area (Å²) >= 11 is 0. The van der Waals surface area contributed by atoms with E-state index in [1.807, 2.05) is 42.7 Å². The predicted octanol–water partition coefficient (Wildman–Crippen LogP) is 14.2. The van der Waals surface area contributed by atoms with Crippen LogP contribution in [0.1, 0.15) is 115 Å². The van der Waals surface area contributed by atoms with Crippen LogP contribution in [0.5, 0.6) is 11.5 Å². The number of aryl methyl sites for hydroxylation is 3. The molecule has 0 fully saturated rings. The maximum atomic E-state index is 6.97. The van der Waals surface area contributed by atoms with Gasteiger partial charge >= 0.3 is 21.1 Å². The van der Waals surface area contributed by atoms with Crippen molar-refractivity contribution in [1.82, 2.24) is 9.97 Å². The van der Waals surface area contributed by atoms with Gasteiger partial charge < -0.3 is 19.5 Å². The van der Waals surface area contributed by atoms with Gasteiger partial charge in [-0.25, -0.2) is 4.98 Å². The smallest absolute Gasteiger partial charge is 0.503 e.